The number of benzene rings is 2. The highest BCUT2D eigenvalue weighted by Crippen LogP contribution is 2.23. The quantitative estimate of drug-likeness (QED) is 0.699. The van der Waals surface area contributed by atoms with Crippen molar-refractivity contribution in [1.82, 2.24) is 9.78 Å². The van der Waals surface area contributed by atoms with Gasteiger partial charge < -0.3 is 0 Å². The molecule has 1 aromatic heterocycles. The fraction of sp³-hybridized carbons (Fsp3) is 0.118. The SMILES string of the molecule is Cc1cc(F)ccc1-c1cnn(Cc2ccccc2)c1. The molecule has 0 bridgehead atoms. The molecule has 0 N–H and O–H groups in total. The van der Waals surface area contributed by atoms with E-state index in [1.165, 1.54) is 11.6 Å². The molecule has 1 heterocycles. The lowest BCUT2D eigenvalue weighted by Crippen LogP contribution is -1.99. The fourth-order valence-corrected chi connectivity index (χ4v) is 2.31. The van der Waals surface area contributed by atoms with Gasteiger partial charge in [0.15, 0.2) is 0 Å². The van der Waals surface area contributed by atoms with Crippen LogP contribution in [0.15, 0.2) is 60.9 Å². The third-order valence-electron chi connectivity index (χ3n) is 3.32. The topological polar surface area (TPSA) is 17.8 Å². The summed E-state index contributed by atoms with van der Waals surface area (Å²) in [4.78, 5) is 0. The maximum atomic E-state index is 13.1. The molecule has 0 amide bonds. The molecular weight excluding hydrogens is 251 g/mol. The van der Waals surface area contributed by atoms with Gasteiger partial charge in [0.1, 0.15) is 5.82 Å². The van der Waals surface area contributed by atoms with Crippen LogP contribution in [0.4, 0.5) is 4.39 Å². The first-order chi connectivity index (χ1) is 9.72. The predicted molar refractivity (Wildman–Crippen MR) is 77.9 cm³/mol. The van der Waals surface area contributed by atoms with Crippen molar-refractivity contribution in [2.24, 2.45) is 0 Å². The van der Waals surface area contributed by atoms with E-state index in [-0.39, 0.29) is 5.82 Å². The minimum Gasteiger partial charge on any atom is -0.268 e. The zero-order valence-electron chi connectivity index (χ0n) is 11.3. The molecule has 0 saturated carbocycles. The standard InChI is InChI=1S/C17H15FN2/c1-13-9-16(18)7-8-17(13)15-10-19-20(12-15)11-14-5-3-2-4-6-14/h2-10,12H,11H2,1H3. The summed E-state index contributed by atoms with van der Waals surface area (Å²) in [6.07, 6.45) is 3.82. The summed E-state index contributed by atoms with van der Waals surface area (Å²) in [6, 6.07) is 15.0. The lowest BCUT2D eigenvalue weighted by atomic mass is 10.0. The van der Waals surface area contributed by atoms with Crippen molar-refractivity contribution in [2.75, 3.05) is 0 Å². The molecule has 3 aromatic rings. The molecule has 0 radical (unpaired) electrons. The third-order valence-corrected chi connectivity index (χ3v) is 3.32. The molecular formula is C17H15FN2. The molecule has 2 nitrogen and oxygen atoms in total. The highest BCUT2D eigenvalue weighted by Gasteiger charge is 2.06. The maximum Gasteiger partial charge on any atom is 0.123 e. The average molecular weight is 266 g/mol. The van der Waals surface area contributed by atoms with Crippen molar-refractivity contribution in [3.63, 3.8) is 0 Å². The molecule has 0 aliphatic carbocycles. The minimum atomic E-state index is -0.206. The average Bonchev–Trinajstić information content (AvgIpc) is 2.88. The van der Waals surface area contributed by atoms with Crippen LogP contribution in [0.1, 0.15) is 11.1 Å². The van der Waals surface area contributed by atoms with Gasteiger partial charge in [-0.25, -0.2) is 4.39 Å². The summed E-state index contributed by atoms with van der Waals surface area (Å²) in [6.45, 7) is 2.65. The van der Waals surface area contributed by atoms with Gasteiger partial charge in [0.2, 0.25) is 0 Å². The molecule has 3 rings (SSSR count). The van der Waals surface area contributed by atoms with E-state index >= 15 is 0 Å². The number of nitrogens with zero attached hydrogens (tertiary/aromatic N) is 2. The van der Waals surface area contributed by atoms with Crippen LogP contribution in [0, 0.1) is 12.7 Å². The van der Waals surface area contributed by atoms with Gasteiger partial charge in [-0.1, -0.05) is 36.4 Å². The fourth-order valence-electron chi connectivity index (χ4n) is 2.31. The lowest BCUT2D eigenvalue weighted by Gasteiger charge is -2.03. The number of hydrogen-bond donors (Lipinski definition) is 0. The van der Waals surface area contributed by atoms with Crippen LogP contribution in [0.2, 0.25) is 0 Å². The Hall–Kier alpha value is -2.42. The van der Waals surface area contributed by atoms with Crippen molar-refractivity contribution in [2.45, 2.75) is 13.5 Å². The maximum absolute atomic E-state index is 13.1. The molecule has 0 saturated heterocycles. The second-order valence-electron chi connectivity index (χ2n) is 4.87. The first-order valence-electron chi connectivity index (χ1n) is 6.55. The second-order valence-corrected chi connectivity index (χ2v) is 4.87. The Labute approximate surface area is 117 Å². The Kier molecular flexibility index (Phi) is 3.33. The Bertz CT molecular complexity index is 717. The molecule has 0 aliphatic rings. The third kappa shape index (κ3) is 2.62. The number of aromatic nitrogens is 2. The zero-order chi connectivity index (χ0) is 13.9. The molecule has 100 valence electrons. The van der Waals surface area contributed by atoms with Gasteiger partial charge in [-0.05, 0) is 35.7 Å². The van der Waals surface area contributed by atoms with Gasteiger partial charge in [0.25, 0.3) is 0 Å². The van der Waals surface area contributed by atoms with Crippen molar-refractivity contribution >= 4 is 0 Å². The van der Waals surface area contributed by atoms with Gasteiger partial charge in [-0.15, -0.1) is 0 Å². The van der Waals surface area contributed by atoms with E-state index in [9.17, 15) is 4.39 Å². The van der Waals surface area contributed by atoms with Crippen LogP contribution in [0.5, 0.6) is 0 Å². The highest BCUT2D eigenvalue weighted by atomic mass is 19.1. The Balaban J connectivity index is 1.87. The Morgan fingerprint density at radius 3 is 2.65 bits per heavy atom. The van der Waals surface area contributed by atoms with Gasteiger partial charge in [0, 0.05) is 11.8 Å². The van der Waals surface area contributed by atoms with Gasteiger partial charge in [-0.3, -0.25) is 4.68 Å². The number of aryl methyl sites for hydroxylation is 1. The molecule has 0 spiro atoms. The van der Waals surface area contributed by atoms with Crippen LogP contribution in [-0.4, -0.2) is 9.78 Å². The van der Waals surface area contributed by atoms with Crippen molar-refractivity contribution in [1.29, 1.82) is 0 Å². The zero-order valence-corrected chi connectivity index (χ0v) is 11.3. The molecule has 0 aliphatic heterocycles. The Morgan fingerprint density at radius 2 is 1.90 bits per heavy atom. The van der Waals surface area contributed by atoms with E-state index in [1.54, 1.807) is 12.1 Å². The van der Waals surface area contributed by atoms with Gasteiger partial charge in [-0.2, -0.15) is 5.10 Å². The van der Waals surface area contributed by atoms with E-state index in [1.807, 2.05) is 42.2 Å². The summed E-state index contributed by atoms with van der Waals surface area (Å²) < 4.78 is 15.0. The van der Waals surface area contributed by atoms with Crippen LogP contribution < -0.4 is 0 Å². The smallest absolute Gasteiger partial charge is 0.123 e. The summed E-state index contributed by atoms with van der Waals surface area (Å²) in [5, 5.41) is 4.37. The van der Waals surface area contributed by atoms with Crippen molar-refractivity contribution in [3.8, 4) is 11.1 Å². The van der Waals surface area contributed by atoms with E-state index in [0.29, 0.717) is 0 Å². The highest BCUT2D eigenvalue weighted by molar-refractivity contribution is 5.65. The molecule has 0 fully saturated rings. The summed E-state index contributed by atoms with van der Waals surface area (Å²) in [7, 11) is 0. The van der Waals surface area contributed by atoms with Crippen LogP contribution >= 0.6 is 0 Å². The lowest BCUT2D eigenvalue weighted by molar-refractivity contribution is 0.627. The number of rotatable bonds is 3. The first-order valence-corrected chi connectivity index (χ1v) is 6.55. The predicted octanol–water partition coefficient (Wildman–Crippen LogP) is 4.05. The van der Waals surface area contributed by atoms with Crippen LogP contribution in [0.3, 0.4) is 0 Å². The van der Waals surface area contributed by atoms with Gasteiger partial charge in [0.05, 0.1) is 12.7 Å². The second kappa shape index (κ2) is 5.29. The van der Waals surface area contributed by atoms with E-state index in [0.717, 1.165) is 23.2 Å². The summed E-state index contributed by atoms with van der Waals surface area (Å²) in [5.74, 6) is -0.206. The summed E-state index contributed by atoms with van der Waals surface area (Å²) >= 11 is 0. The van der Waals surface area contributed by atoms with E-state index < -0.39 is 0 Å². The summed E-state index contributed by atoms with van der Waals surface area (Å²) in [5.41, 5.74) is 4.16. The molecule has 0 atom stereocenters. The van der Waals surface area contributed by atoms with Crippen LogP contribution in [-0.2, 0) is 6.54 Å². The van der Waals surface area contributed by atoms with Crippen molar-refractivity contribution in [3.05, 3.63) is 77.9 Å². The van der Waals surface area contributed by atoms with Crippen molar-refractivity contribution < 1.29 is 4.39 Å². The number of hydrogen-bond acceptors (Lipinski definition) is 1. The minimum absolute atomic E-state index is 0.206. The molecule has 20 heavy (non-hydrogen) atoms. The monoisotopic (exact) mass is 266 g/mol. The van der Waals surface area contributed by atoms with Crippen LogP contribution in [0.25, 0.3) is 11.1 Å². The number of halogens is 1. The van der Waals surface area contributed by atoms with Gasteiger partial charge >= 0.3 is 0 Å². The molecule has 2 aromatic carbocycles. The molecule has 3 heteroatoms. The normalized spacial score (nSPS) is 10.7. The van der Waals surface area contributed by atoms with E-state index in [4.69, 9.17) is 0 Å². The largest absolute Gasteiger partial charge is 0.268 e. The molecule has 0 unspecified atom stereocenters. The van der Waals surface area contributed by atoms with E-state index in [2.05, 4.69) is 17.2 Å². The Morgan fingerprint density at radius 1 is 1.10 bits per heavy atom. The first kappa shape index (κ1) is 12.6.